The van der Waals surface area contributed by atoms with Gasteiger partial charge in [-0.1, -0.05) is 5.92 Å². The minimum atomic E-state index is -1.31. The topological polar surface area (TPSA) is 117 Å². The first-order valence-electron chi connectivity index (χ1n) is 14.8. The molecule has 2 atom stereocenters. The van der Waals surface area contributed by atoms with Crippen LogP contribution in [0.25, 0.3) is 16.7 Å². The number of halogens is 4. The van der Waals surface area contributed by atoms with Crippen molar-refractivity contribution < 1.29 is 41.7 Å². The van der Waals surface area contributed by atoms with Crippen LogP contribution in [-0.2, 0) is 9.47 Å². The van der Waals surface area contributed by atoms with Crippen LogP contribution >= 0.6 is 0 Å². The van der Waals surface area contributed by atoms with Crippen molar-refractivity contribution in [3.8, 4) is 18.0 Å². The highest BCUT2D eigenvalue weighted by Gasteiger charge is 2.37. The Balaban J connectivity index is 1.31. The van der Waals surface area contributed by atoms with E-state index in [2.05, 4.69) is 10.9 Å². The Labute approximate surface area is 270 Å². The number of carbonyl (C=O) groups excluding carboxylic acids is 2. The Morgan fingerprint density at radius 1 is 1.02 bits per heavy atom. The molecule has 11 nitrogen and oxygen atoms in total. The van der Waals surface area contributed by atoms with E-state index in [1.54, 1.807) is 9.80 Å². The Morgan fingerprint density at radius 3 is 2.44 bits per heavy atom. The van der Waals surface area contributed by atoms with Gasteiger partial charge in [-0.05, 0) is 43.3 Å². The summed E-state index contributed by atoms with van der Waals surface area (Å²) in [5.41, 5.74) is -1.34. The fourth-order valence-electron chi connectivity index (χ4n) is 5.69. The summed E-state index contributed by atoms with van der Waals surface area (Å²) in [5, 5.41) is 9.56. The van der Waals surface area contributed by atoms with Gasteiger partial charge in [0.1, 0.15) is 23.0 Å². The zero-order valence-electron chi connectivity index (χ0n) is 25.3. The molecule has 2 aliphatic heterocycles. The van der Waals surface area contributed by atoms with Gasteiger partial charge >= 0.3 is 12.1 Å². The quantitative estimate of drug-likeness (QED) is 0.179. The lowest BCUT2D eigenvalue weighted by Crippen LogP contribution is -2.47. The molecule has 1 amide bonds. The second-order valence-corrected chi connectivity index (χ2v) is 11.0. The molecule has 0 saturated carbocycles. The standard InChI is InChI=1S/C33H27F4N5O6/c1-3-27(43)28-17-41(33(46)48-28)19-6-7-22(35)26(14-19)39-9-11-40(12-10-39)31-24(37)15-20-29(44)21(32(45)47-4-2)16-42(30(20)38-31)25-8-5-18(34)13-23(25)36/h1,5-8,13-16,27-28,43H,4,9-12,17H2,2H3/t27?,28-/m1/s1. The van der Waals surface area contributed by atoms with Crippen molar-refractivity contribution in [3.63, 3.8) is 0 Å². The zero-order valence-corrected chi connectivity index (χ0v) is 25.3. The largest absolute Gasteiger partial charge is 0.462 e. The number of piperazine rings is 1. The molecule has 4 heterocycles. The second kappa shape index (κ2) is 12.9. The monoisotopic (exact) mass is 665 g/mol. The highest BCUT2D eigenvalue weighted by Crippen LogP contribution is 2.31. The van der Waals surface area contributed by atoms with Gasteiger partial charge in [-0.25, -0.2) is 32.1 Å². The molecule has 0 spiro atoms. The van der Waals surface area contributed by atoms with E-state index in [9.17, 15) is 28.3 Å². The zero-order chi connectivity index (χ0) is 34.3. The number of anilines is 3. The third-order valence-electron chi connectivity index (χ3n) is 8.10. The Bertz CT molecular complexity index is 2040. The lowest BCUT2D eigenvalue weighted by molar-refractivity contribution is 0.0524. The molecule has 1 N–H and O–H groups in total. The van der Waals surface area contributed by atoms with E-state index in [1.807, 2.05) is 0 Å². The van der Waals surface area contributed by atoms with Gasteiger partial charge in [0, 0.05) is 44.1 Å². The SMILES string of the molecule is C#CC(O)[C@H]1CN(c2ccc(F)c(N3CCN(c4nc5c(cc4F)c(=O)c(C(=O)OCC)cn5-c4ccc(F)cc4F)CC3)c2)C(=O)O1. The molecule has 48 heavy (non-hydrogen) atoms. The molecule has 0 aliphatic carbocycles. The Morgan fingerprint density at radius 2 is 1.75 bits per heavy atom. The van der Waals surface area contributed by atoms with Crippen LogP contribution in [0.15, 0.2) is 53.5 Å². The maximum Gasteiger partial charge on any atom is 0.414 e. The first-order chi connectivity index (χ1) is 23.0. The number of rotatable bonds is 7. The minimum absolute atomic E-state index is 0.0376. The van der Waals surface area contributed by atoms with Crippen LogP contribution in [0.5, 0.6) is 0 Å². The average molecular weight is 666 g/mol. The van der Waals surface area contributed by atoms with Crippen LogP contribution in [0.4, 0.5) is 39.5 Å². The number of ether oxygens (including phenoxy) is 2. The molecule has 1 unspecified atom stereocenters. The number of hydrogen-bond donors (Lipinski definition) is 1. The van der Waals surface area contributed by atoms with Gasteiger partial charge in [0.15, 0.2) is 29.5 Å². The number of terminal acetylenes is 1. The molecule has 0 radical (unpaired) electrons. The fraction of sp³-hybridized carbons (Fsp3) is 0.273. The molecule has 15 heteroatoms. The van der Waals surface area contributed by atoms with Gasteiger partial charge in [-0.15, -0.1) is 6.42 Å². The number of pyridine rings is 2. The summed E-state index contributed by atoms with van der Waals surface area (Å²) in [6, 6.07) is 7.64. The fourth-order valence-corrected chi connectivity index (χ4v) is 5.69. The summed E-state index contributed by atoms with van der Waals surface area (Å²) in [5.74, 6) is -2.44. The van der Waals surface area contributed by atoms with Crippen molar-refractivity contribution in [1.82, 2.24) is 9.55 Å². The van der Waals surface area contributed by atoms with E-state index in [4.69, 9.17) is 15.9 Å². The Hall–Kier alpha value is -5.62. The summed E-state index contributed by atoms with van der Waals surface area (Å²) >= 11 is 0. The minimum Gasteiger partial charge on any atom is -0.462 e. The van der Waals surface area contributed by atoms with Crippen LogP contribution in [0.1, 0.15) is 17.3 Å². The summed E-state index contributed by atoms with van der Waals surface area (Å²) in [6.45, 7) is 2.07. The smallest absolute Gasteiger partial charge is 0.414 e. The van der Waals surface area contributed by atoms with Crippen LogP contribution in [0.2, 0.25) is 0 Å². The van der Waals surface area contributed by atoms with Gasteiger partial charge in [0.2, 0.25) is 5.43 Å². The summed E-state index contributed by atoms with van der Waals surface area (Å²) < 4.78 is 70.6. The van der Waals surface area contributed by atoms with Crippen LogP contribution in [-0.4, -0.2) is 78.3 Å². The number of nitrogens with zero attached hydrogens (tertiary/aromatic N) is 5. The van der Waals surface area contributed by atoms with Gasteiger partial charge in [-0.2, -0.15) is 0 Å². The van der Waals surface area contributed by atoms with Crippen molar-refractivity contribution in [1.29, 1.82) is 0 Å². The summed E-state index contributed by atoms with van der Waals surface area (Å²) in [6.07, 6.45) is 3.25. The van der Waals surface area contributed by atoms with Gasteiger partial charge in [0.25, 0.3) is 0 Å². The highest BCUT2D eigenvalue weighted by molar-refractivity contribution is 5.94. The van der Waals surface area contributed by atoms with Gasteiger partial charge in [-0.3, -0.25) is 14.3 Å². The number of fused-ring (bicyclic) bond motifs is 1. The lowest BCUT2D eigenvalue weighted by Gasteiger charge is -2.37. The number of aliphatic hydroxyl groups is 1. The van der Waals surface area contributed by atoms with Crippen LogP contribution in [0.3, 0.4) is 0 Å². The van der Waals surface area contributed by atoms with E-state index < -0.39 is 58.5 Å². The van der Waals surface area contributed by atoms with Crippen molar-refractivity contribution in [3.05, 3.63) is 87.7 Å². The lowest BCUT2D eigenvalue weighted by atomic mass is 10.1. The van der Waals surface area contributed by atoms with E-state index in [0.717, 1.165) is 29.0 Å². The van der Waals surface area contributed by atoms with Crippen LogP contribution < -0.4 is 20.1 Å². The number of amides is 1. The highest BCUT2D eigenvalue weighted by atomic mass is 19.1. The molecule has 6 rings (SSSR count). The number of benzene rings is 2. The van der Waals surface area contributed by atoms with E-state index in [1.165, 1.54) is 30.0 Å². The molecule has 2 fully saturated rings. The first kappa shape index (κ1) is 32.3. The van der Waals surface area contributed by atoms with Crippen molar-refractivity contribution >= 4 is 40.3 Å². The number of aliphatic hydroxyl groups excluding tert-OH is 1. The molecule has 2 aromatic carbocycles. The first-order valence-corrected chi connectivity index (χ1v) is 14.8. The molecule has 0 bridgehead atoms. The molecule has 2 saturated heterocycles. The maximum absolute atomic E-state index is 15.6. The molecular formula is C33H27F4N5O6. The van der Waals surface area contributed by atoms with Gasteiger partial charge in [0.05, 0.1) is 29.9 Å². The summed E-state index contributed by atoms with van der Waals surface area (Å²) in [4.78, 5) is 47.2. The van der Waals surface area contributed by atoms with Crippen molar-refractivity contribution in [2.75, 3.05) is 54.0 Å². The number of carbonyl (C=O) groups is 2. The molecule has 4 aromatic rings. The summed E-state index contributed by atoms with van der Waals surface area (Å²) in [7, 11) is 0. The third-order valence-corrected chi connectivity index (χ3v) is 8.10. The molecular weight excluding hydrogens is 638 g/mol. The predicted octanol–water partition coefficient (Wildman–Crippen LogP) is 3.76. The number of cyclic esters (lactones) is 1. The second-order valence-electron chi connectivity index (χ2n) is 11.0. The molecule has 248 valence electrons. The normalized spacial score (nSPS) is 17.0. The molecule has 2 aliphatic rings. The number of esters is 1. The van der Waals surface area contributed by atoms with E-state index in [-0.39, 0.29) is 67.6 Å². The van der Waals surface area contributed by atoms with Gasteiger partial charge < -0.3 is 24.4 Å². The van der Waals surface area contributed by atoms with E-state index in [0.29, 0.717) is 11.8 Å². The Kier molecular flexibility index (Phi) is 8.67. The number of hydrogen-bond acceptors (Lipinski definition) is 9. The van der Waals surface area contributed by atoms with Crippen molar-refractivity contribution in [2.45, 2.75) is 19.1 Å². The van der Waals surface area contributed by atoms with Crippen molar-refractivity contribution in [2.24, 2.45) is 0 Å². The average Bonchev–Trinajstić information content (AvgIpc) is 3.46. The number of aromatic nitrogens is 2. The van der Waals surface area contributed by atoms with Crippen LogP contribution in [0, 0.1) is 35.6 Å². The molecule has 2 aromatic heterocycles. The third kappa shape index (κ3) is 5.86. The van der Waals surface area contributed by atoms with E-state index >= 15 is 8.78 Å². The predicted molar refractivity (Wildman–Crippen MR) is 166 cm³/mol. The maximum atomic E-state index is 15.6.